The molecule has 1 fully saturated rings. The third-order valence-corrected chi connectivity index (χ3v) is 4.41. The number of hydrogen-bond acceptors (Lipinski definition) is 3. The second-order valence-corrected chi connectivity index (χ2v) is 6.42. The highest BCUT2D eigenvalue weighted by Gasteiger charge is 2.38. The second kappa shape index (κ2) is 7.04. The number of anilines is 1. The van der Waals surface area contributed by atoms with Crippen molar-refractivity contribution < 1.29 is 14.0 Å². The Morgan fingerprint density at radius 2 is 2.16 bits per heavy atom. The van der Waals surface area contributed by atoms with E-state index in [1.807, 2.05) is 6.92 Å². The molecule has 7 heteroatoms. The van der Waals surface area contributed by atoms with E-state index in [9.17, 15) is 14.0 Å². The molecule has 2 N–H and O–H groups in total. The van der Waals surface area contributed by atoms with E-state index in [-0.39, 0.29) is 30.7 Å². The van der Waals surface area contributed by atoms with Crippen LogP contribution in [0.25, 0.3) is 5.69 Å². The number of halogens is 1. The van der Waals surface area contributed by atoms with Gasteiger partial charge in [0, 0.05) is 37.0 Å². The van der Waals surface area contributed by atoms with E-state index in [1.54, 1.807) is 36.0 Å². The van der Waals surface area contributed by atoms with Crippen molar-refractivity contribution in [2.45, 2.75) is 26.7 Å². The van der Waals surface area contributed by atoms with Crippen LogP contribution in [-0.2, 0) is 9.59 Å². The molecule has 0 radical (unpaired) electrons. The number of benzene rings is 1. The minimum Gasteiger partial charge on any atom is -0.355 e. The molecule has 1 aromatic carbocycles. The summed E-state index contributed by atoms with van der Waals surface area (Å²) in [4.78, 5) is 27.7. The summed E-state index contributed by atoms with van der Waals surface area (Å²) < 4.78 is 15.9. The maximum Gasteiger partial charge on any atom is 0.226 e. The monoisotopic (exact) mass is 344 g/mol. The van der Waals surface area contributed by atoms with Gasteiger partial charge in [-0.1, -0.05) is 6.92 Å². The molecule has 0 bridgehead atoms. The number of hydrogen-bond donors (Lipinski definition) is 2. The molecule has 0 unspecified atom stereocenters. The lowest BCUT2D eigenvalue weighted by molar-refractivity contribution is -0.122. The van der Waals surface area contributed by atoms with E-state index in [0.717, 1.165) is 6.42 Å². The molecule has 1 aliphatic rings. The SMILES string of the molecule is Cc1nccn1-c1ccc(NC(=O)CCNC(=O)[C@@H]2C[C@H]2C)cc1F. The highest BCUT2D eigenvalue weighted by molar-refractivity contribution is 5.91. The Labute approximate surface area is 145 Å². The van der Waals surface area contributed by atoms with E-state index >= 15 is 0 Å². The fourth-order valence-corrected chi connectivity index (χ4v) is 2.75. The Bertz CT molecular complexity index is 802. The predicted molar refractivity (Wildman–Crippen MR) is 91.8 cm³/mol. The highest BCUT2D eigenvalue weighted by Crippen LogP contribution is 2.37. The van der Waals surface area contributed by atoms with Crippen LogP contribution in [0, 0.1) is 24.6 Å². The normalized spacial score (nSPS) is 18.7. The van der Waals surface area contributed by atoms with E-state index in [0.29, 0.717) is 23.1 Å². The first-order valence-electron chi connectivity index (χ1n) is 8.33. The summed E-state index contributed by atoms with van der Waals surface area (Å²) in [7, 11) is 0. The van der Waals surface area contributed by atoms with Crippen molar-refractivity contribution in [3.8, 4) is 5.69 Å². The van der Waals surface area contributed by atoms with Crippen LogP contribution >= 0.6 is 0 Å². The molecule has 132 valence electrons. The molecule has 3 rings (SSSR count). The van der Waals surface area contributed by atoms with Gasteiger partial charge in [-0.05, 0) is 37.5 Å². The number of carbonyl (C=O) groups is 2. The molecule has 2 aromatic rings. The maximum absolute atomic E-state index is 14.3. The van der Waals surface area contributed by atoms with Gasteiger partial charge in [-0.15, -0.1) is 0 Å². The van der Waals surface area contributed by atoms with Crippen LogP contribution in [0.1, 0.15) is 25.6 Å². The topological polar surface area (TPSA) is 76.0 Å². The van der Waals surface area contributed by atoms with Crippen LogP contribution < -0.4 is 10.6 Å². The predicted octanol–water partition coefficient (Wildman–Crippen LogP) is 2.42. The summed E-state index contributed by atoms with van der Waals surface area (Å²) in [5.41, 5.74) is 0.755. The van der Waals surface area contributed by atoms with Gasteiger partial charge in [-0.2, -0.15) is 0 Å². The lowest BCUT2D eigenvalue weighted by Crippen LogP contribution is -2.29. The standard InChI is InChI=1S/C18H21FN4O2/c1-11-9-14(11)18(25)21-6-5-17(24)22-13-3-4-16(15(19)10-13)23-8-7-20-12(23)2/h3-4,7-8,10-11,14H,5-6,9H2,1-2H3,(H,21,25)(H,22,24)/t11-,14-/m1/s1. The number of aromatic nitrogens is 2. The summed E-state index contributed by atoms with van der Waals surface area (Å²) >= 11 is 0. The Morgan fingerprint density at radius 3 is 2.76 bits per heavy atom. The molecular formula is C18H21FN4O2. The van der Waals surface area contributed by atoms with Gasteiger partial charge in [-0.3, -0.25) is 9.59 Å². The zero-order valence-corrected chi connectivity index (χ0v) is 14.3. The zero-order valence-electron chi connectivity index (χ0n) is 14.3. The van der Waals surface area contributed by atoms with Crippen molar-refractivity contribution in [3.05, 3.63) is 42.2 Å². The summed E-state index contributed by atoms with van der Waals surface area (Å²) in [6, 6.07) is 4.51. The molecular weight excluding hydrogens is 323 g/mol. The van der Waals surface area contributed by atoms with Crippen molar-refractivity contribution in [1.29, 1.82) is 0 Å². The molecule has 1 aliphatic carbocycles. The highest BCUT2D eigenvalue weighted by atomic mass is 19.1. The van der Waals surface area contributed by atoms with E-state index in [2.05, 4.69) is 15.6 Å². The quantitative estimate of drug-likeness (QED) is 0.845. The Balaban J connectivity index is 1.52. The summed E-state index contributed by atoms with van der Waals surface area (Å²) in [6.45, 7) is 4.09. The Hall–Kier alpha value is -2.70. The molecule has 2 amide bonds. The molecule has 6 nitrogen and oxygen atoms in total. The molecule has 1 heterocycles. The molecule has 2 atom stereocenters. The molecule has 1 aromatic heterocycles. The van der Waals surface area contributed by atoms with Crippen LogP contribution in [0.4, 0.5) is 10.1 Å². The lowest BCUT2D eigenvalue weighted by atomic mass is 10.2. The number of aryl methyl sites for hydroxylation is 1. The summed E-state index contributed by atoms with van der Waals surface area (Å²) in [5, 5.41) is 5.39. The first kappa shape index (κ1) is 17.1. The Kier molecular flexibility index (Phi) is 4.83. The van der Waals surface area contributed by atoms with Gasteiger partial charge in [0.1, 0.15) is 11.6 Å². The van der Waals surface area contributed by atoms with Gasteiger partial charge in [0.15, 0.2) is 0 Å². The second-order valence-electron chi connectivity index (χ2n) is 6.42. The van der Waals surface area contributed by atoms with E-state index in [4.69, 9.17) is 0 Å². The number of nitrogens with zero attached hydrogens (tertiary/aromatic N) is 2. The van der Waals surface area contributed by atoms with Crippen LogP contribution in [0.3, 0.4) is 0 Å². The van der Waals surface area contributed by atoms with Crippen molar-refractivity contribution in [2.24, 2.45) is 11.8 Å². The third kappa shape index (κ3) is 4.04. The van der Waals surface area contributed by atoms with Crippen molar-refractivity contribution in [3.63, 3.8) is 0 Å². The average Bonchev–Trinajstić information content (AvgIpc) is 3.14. The molecule has 0 saturated heterocycles. The van der Waals surface area contributed by atoms with E-state index in [1.165, 1.54) is 6.07 Å². The number of nitrogens with one attached hydrogen (secondary N) is 2. The smallest absolute Gasteiger partial charge is 0.226 e. The zero-order chi connectivity index (χ0) is 18.0. The Morgan fingerprint density at radius 1 is 1.40 bits per heavy atom. The minimum atomic E-state index is -0.449. The van der Waals surface area contributed by atoms with Crippen LogP contribution in [-0.4, -0.2) is 27.9 Å². The van der Waals surface area contributed by atoms with Gasteiger partial charge in [0.25, 0.3) is 0 Å². The number of amides is 2. The summed E-state index contributed by atoms with van der Waals surface area (Å²) in [6.07, 6.45) is 4.34. The number of imidazole rings is 1. The molecule has 25 heavy (non-hydrogen) atoms. The largest absolute Gasteiger partial charge is 0.355 e. The fourth-order valence-electron chi connectivity index (χ4n) is 2.75. The van der Waals surface area contributed by atoms with Gasteiger partial charge in [-0.25, -0.2) is 9.37 Å². The maximum atomic E-state index is 14.3. The van der Waals surface area contributed by atoms with E-state index < -0.39 is 5.82 Å². The van der Waals surface area contributed by atoms with Crippen LogP contribution in [0.2, 0.25) is 0 Å². The van der Waals surface area contributed by atoms with Crippen LogP contribution in [0.15, 0.2) is 30.6 Å². The average molecular weight is 344 g/mol. The first-order valence-corrected chi connectivity index (χ1v) is 8.33. The number of carbonyl (C=O) groups excluding carboxylic acids is 2. The van der Waals surface area contributed by atoms with Gasteiger partial charge in [0.2, 0.25) is 11.8 Å². The third-order valence-electron chi connectivity index (χ3n) is 4.41. The van der Waals surface area contributed by atoms with Gasteiger partial charge < -0.3 is 15.2 Å². The fraction of sp³-hybridized carbons (Fsp3) is 0.389. The van der Waals surface area contributed by atoms with Crippen molar-refractivity contribution in [2.75, 3.05) is 11.9 Å². The van der Waals surface area contributed by atoms with Crippen molar-refractivity contribution >= 4 is 17.5 Å². The summed E-state index contributed by atoms with van der Waals surface area (Å²) in [5.74, 6) is 0.499. The molecule has 1 saturated carbocycles. The minimum absolute atomic E-state index is 0.00593. The lowest BCUT2D eigenvalue weighted by Gasteiger charge is -2.10. The molecule has 0 aliphatic heterocycles. The molecule has 0 spiro atoms. The number of rotatable bonds is 6. The van der Waals surface area contributed by atoms with Crippen LogP contribution in [0.5, 0.6) is 0 Å². The first-order chi connectivity index (χ1) is 12.0. The van der Waals surface area contributed by atoms with Gasteiger partial charge >= 0.3 is 0 Å². The van der Waals surface area contributed by atoms with Gasteiger partial charge in [0.05, 0.1) is 5.69 Å². The van der Waals surface area contributed by atoms with Crippen molar-refractivity contribution in [1.82, 2.24) is 14.9 Å².